The maximum atomic E-state index is 11.9. The summed E-state index contributed by atoms with van der Waals surface area (Å²) in [7, 11) is 0. The van der Waals surface area contributed by atoms with Crippen molar-refractivity contribution in [1.29, 1.82) is 0 Å². The van der Waals surface area contributed by atoms with Crippen LogP contribution in [-0.2, 0) is 0 Å². The Bertz CT molecular complexity index is 644. The lowest BCUT2D eigenvalue weighted by Gasteiger charge is -2.10. The third kappa shape index (κ3) is 3.69. The summed E-state index contributed by atoms with van der Waals surface area (Å²) in [5.41, 5.74) is 0.865. The number of hydrogen-bond donors (Lipinski definition) is 3. The smallest absolute Gasteiger partial charge is 0.257 e. The molecule has 0 bridgehead atoms. The number of thiocarbonyl (C=S) groups is 1. The lowest BCUT2D eigenvalue weighted by atomic mass is 10.2. The Kier molecular flexibility index (Phi) is 4.55. The van der Waals surface area contributed by atoms with Gasteiger partial charge in [0.1, 0.15) is 5.75 Å². The predicted octanol–water partition coefficient (Wildman–Crippen LogP) is 3.17. The van der Waals surface area contributed by atoms with Gasteiger partial charge in [0.25, 0.3) is 5.91 Å². The molecule has 0 aliphatic heterocycles. The van der Waals surface area contributed by atoms with E-state index in [1.54, 1.807) is 42.5 Å². The van der Waals surface area contributed by atoms with Gasteiger partial charge >= 0.3 is 0 Å². The topological polar surface area (TPSA) is 61.4 Å². The Morgan fingerprint density at radius 3 is 2.40 bits per heavy atom. The van der Waals surface area contributed by atoms with Gasteiger partial charge in [-0.05, 0) is 48.6 Å². The van der Waals surface area contributed by atoms with Crippen molar-refractivity contribution in [2.45, 2.75) is 0 Å². The Morgan fingerprint density at radius 1 is 1.10 bits per heavy atom. The highest BCUT2D eigenvalue weighted by Gasteiger charge is 2.08. The van der Waals surface area contributed by atoms with E-state index in [2.05, 4.69) is 10.6 Å². The normalized spacial score (nSPS) is 9.85. The molecule has 0 fully saturated rings. The number of aromatic hydroxyl groups is 1. The lowest BCUT2D eigenvalue weighted by molar-refractivity contribution is 0.0977. The van der Waals surface area contributed by atoms with Gasteiger partial charge in [0.15, 0.2) is 5.11 Å². The van der Waals surface area contributed by atoms with Gasteiger partial charge < -0.3 is 10.4 Å². The van der Waals surface area contributed by atoms with E-state index in [9.17, 15) is 9.90 Å². The van der Waals surface area contributed by atoms with E-state index in [0.29, 0.717) is 16.3 Å². The average molecular weight is 307 g/mol. The van der Waals surface area contributed by atoms with Crippen LogP contribution in [0.25, 0.3) is 0 Å². The molecular weight excluding hydrogens is 296 g/mol. The molecule has 0 unspecified atom stereocenters. The molecule has 0 aliphatic carbocycles. The molecule has 6 heteroatoms. The molecule has 2 aromatic carbocycles. The number of carbonyl (C=O) groups is 1. The summed E-state index contributed by atoms with van der Waals surface area (Å²) in [6.45, 7) is 0. The highest BCUT2D eigenvalue weighted by molar-refractivity contribution is 7.80. The summed E-state index contributed by atoms with van der Waals surface area (Å²) in [6.07, 6.45) is 0. The van der Waals surface area contributed by atoms with Gasteiger partial charge in [-0.15, -0.1) is 0 Å². The first-order valence-corrected chi connectivity index (χ1v) is 6.51. The second-order valence-corrected chi connectivity index (χ2v) is 4.78. The van der Waals surface area contributed by atoms with Gasteiger partial charge in [-0.2, -0.15) is 0 Å². The Hall–Kier alpha value is -2.11. The number of rotatable bonds is 2. The van der Waals surface area contributed by atoms with Crippen LogP contribution in [0, 0.1) is 0 Å². The molecule has 1 amide bonds. The third-order valence-corrected chi connectivity index (χ3v) is 2.94. The van der Waals surface area contributed by atoms with Crippen LogP contribution in [0.3, 0.4) is 0 Å². The second-order valence-electron chi connectivity index (χ2n) is 3.93. The molecular formula is C14H11ClN2O2S. The van der Waals surface area contributed by atoms with Crippen LogP contribution in [0.5, 0.6) is 5.75 Å². The van der Waals surface area contributed by atoms with Crippen molar-refractivity contribution in [2.75, 3.05) is 5.32 Å². The summed E-state index contributed by atoms with van der Waals surface area (Å²) in [5.74, 6) is -0.301. The summed E-state index contributed by atoms with van der Waals surface area (Å²) < 4.78 is 0. The lowest BCUT2D eigenvalue weighted by Crippen LogP contribution is -2.34. The molecule has 0 saturated carbocycles. The zero-order valence-electron chi connectivity index (χ0n) is 10.3. The molecule has 2 aromatic rings. The number of carbonyl (C=O) groups excluding carboxylic acids is 1. The summed E-state index contributed by atoms with van der Waals surface area (Å²) in [5, 5.41) is 15.5. The van der Waals surface area contributed by atoms with Crippen LogP contribution in [0.2, 0.25) is 5.02 Å². The van der Waals surface area contributed by atoms with Crippen molar-refractivity contribution in [3.05, 3.63) is 59.1 Å². The number of anilines is 1. The van der Waals surface area contributed by atoms with Crippen LogP contribution in [0.1, 0.15) is 10.4 Å². The molecule has 0 atom stereocenters. The molecule has 0 spiro atoms. The number of nitrogens with one attached hydrogen (secondary N) is 2. The molecule has 4 nitrogen and oxygen atoms in total. The van der Waals surface area contributed by atoms with Crippen molar-refractivity contribution in [1.82, 2.24) is 5.32 Å². The zero-order valence-corrected chi connectivity index (χ0v) is 11.8. The highest BCUT2D eigenvalue weighted by atomic mass is 35.5. The van der Waals surface area contributed by atoms with Crippen molar-refractivity contribution in [3.8, 4) is 5.75 Å². The number of halogens is 1. The van der Waals surface area contributed by atoms with E-state index in [1.165, 1.54) is 6.07 Å². The van der Waals surface area contributed by atoms with Gasteiger partial charge in [-0.1, -0.05) is 23.7 Å². The molecule has 0 heterocycles. The van der Waals surface area contributed by atoms with E-state index in [-0.39, 0.29) is 16.8 Å². The van der Waals surface area contributed by atoms with Crippen LogP contribution in [-0.4, -0.2) is 16.1 Å². The van der Waals surface area contributed by atoms with Crippen LogP contribution >= 0.6 is 23.8 Å². The molecule has 20 heavy (non-hydrogen) atoms. The van der Waals surface area contributed by atoms with Crippen LogP contribution in [0.15, 0.2) is 48.5 Å². The van der Waals surface area contributed by atoms with Crippen molar-refractivity contribution < 1.29 is 9.90 Å². The average Bonchev–Trinajstić information content (AvgIpc) is 2.42. The quantitative estimate of drug-likeness (QED) is 0.589. The minimum atomic E-state index is -0.352. The zero-order chi connectivity index (χ0) is 14.5. The van der Waals surface area contributed by atoms with Gasteiger partial charge in [0.05, 0.1) is 5.69 Å². The maximum absolute atomic E-state index is 11.9. The third-order valence-electron chi connectivity index (χ3n) is 2.49. The van der Waals surface area contributed by atoms with Crippen LogP contribution in [0.4, 0.5) is 5.69 Å². The maximum Gasteiger partial charge on any atom is 0.257 e. The summed E-state index contributed by atoms with van der Waals surface area (Å²) in [6, 6.07) is 13.0. The predicted molar refractivity (Wildman–Crippen MR) is 83.2 cm³/mol. The minimum Gasteiger partial charge on any atom is -0.506 e. The van der Waals surface area contributed by atoms with Crippen LogP contribution < -0.4 is 10.6 Å². The second kappa shape index (κ2) is 6.36. The van der Waals surface area contributed by atoms with E-state index < -0.39 is 0 Å². The largest absolute Gasteiger partial charge is 0.506 e. The Labute approximate surface area is 126 Å². The number of phenols is 1. The van der Waals surface area contributed by atoms with E-state index in [4.69, 9.17) is 23.8 Å². The first-order valence-electron chi connectivity index (χ1n) is 5.72. The molecule has 0 radical (unpaired) electrons. The number of para-hydroxylation sites is 2. The van der Waals surface area contributed by atoms with Gasteiger partial charge in [-0.3, -0.25) is 10.1 Å². The molecule has 2 rings (SSSR count). The fraction of sp³-hybridized carbons (Fsp3) is 0. The fourth-order valence-corrected chi connectivity index (χ4v) is 1.84. The van der Waals surface area contributed by atoms with E-state index in [0.717, 1.165) is 0 Å². The van der Waals surface area contributed by atoms with Gasteiger partial charge in [0.2, 0.25) is 0 Å². The van der Waals surface area contributed by atoms with Crippen molar-refractivity contribution in [2.24, 2.45) is 0 Å². The monoisotopic (exact) mass is 306 g/mol. The molecule has 0 aliphatic rings. The SMILES string of the molecule is O=C(NC(=S)Nc1ccccc1O)c1ccc(Cl)cc1. The number of benzene rings is 2. The van der Waals surface area contributed by atoms with Crippen molar-refractivity contribution in [3.63, 3.8) is 0 Å². The Morgan fingerprint density at radius 2 is 1.75 bits per heavy atom. The summed E-state index contributed by atoms with van der Waals surface area (Å²) >= 11 is 10.8. The van der Waals surface area contributed by atoms with E-state index in [1.807, 2.05) is 0 Å². The highest BCUT2D eigenvalue weighted by Crippen LogP contribution is 2.21. The first-order chi connectivity index (χ1) is 9.56. The van der Waals surface area contributed by atoms with Crippen molar-refractivity contribution >= 4 is 40.5 Å². The molecule has 0 saturated heterocycles. The molecule has 3 N–H and O–H groups in total. The van der Waals surface area contributed by atoms with Gasteiger partial charge in [-0.25, -0.2) is 0 Å². The van der Waals surface area contributed by atoms with E-state index >= 15 is 0 Å². The Balaban J connectivity index is 2.00. The number of amides is 1. The molecule has 0 aromatic heterocycles. The standard InChI is InChI=1S/C14H11ClN2O2S/c15-10-7-5-9(6-8-10)13(19)17-14(20)16-11-3-1-2-4-12(11)18/h1-8,18H,(H2,16,17,19,20). The first kappa shape index (κ1) is 14.3. The number of hydrogen-bond acceptors (Lipinski definition) is 3. The molecule has 102 valence electrons. The summed E-state index contributed by atoms with van der Waals surface area (Å²) in [4.78, 5) is 11.9. The van der Waals surface area contributed by atoms with Gasteiger partial charge in [0, 0.05) is 10.6 Å². The minimum absolute atomic E-state index is 0.0515. The number of phenolic OH excluding ortho intramolecular Hbond substituents is 1. The fourth-order valence-electron chi connectivity index (χ4n) is 1.51.